The minimum absolute atomic E-state index is 0.0776. The van der Waals surface area contributed by atoms with Gasteiger partial charge >= 0.3 is 0 Å². The predicted molar refractivity (Wildman–Crippen MR) is 187 cm³/mol. The van der Waals surface area contributed by atoms with Gasteiger partial charge in [0.25, 0.3) is 0 Å². The number of methoxy groups -OCH3 is 1. The molecule has 7 aliphatic carbocycles. The van der Waals surface area contributed by atoms with E-state index in [1.54, 1.807) is 7.11 Å². The fourth-order valence-electron chi connectivity index (χ4n) is 14.5. The van der Waals surface area contributed by atoms with Gasteiger partial charge in [-0.3, -0.25) is 4.79 Å². The van der Waals surface area contributed by atoms with Gasteiger partial charge in [0.15, 0.2) is 0 Å². The first-order chi connectivity index (χ1) is 22.1. The standard InChI is InChI=1S/C39H55NO4S2/c1-35-25-13-16-37(36(35,2)27(19-25)33-30(42)20-32(44-3)39(33,35)43)21-24-17-23-9-7-10-26(18-23)40-34-29(41)11-8-12-31(34)45-46-38(28(24)22-37)14-5-4-6-15-38/h7,9-10,18,24-25,27-29,31-34,40-41,43H,4-6,8,11-17,19-22H2,1-3H3. The summed E-state index contributed by atoms with van der Waals surface area (Å²) in [7, 11) is 6.07. The van der Waals surface area contributed by atoms with E-state index in [1.165, 1.54) is 63.4 Å². The summed E-state index contributed by atoms with van der Waals surface area (Å²) in [6.07, 6.45) is 16.5. The van der Waals surface area contributed by atoms with Crippen LogP contribution >= 0.6 is 21.6 Å². The van der Waals surface area contributed by atoms with Crippen LogP contribution in [0, 0.1) is 45.8 Å². The van der Waals surface area contributed by atoms with Crippen molar-refractivity contribution < 1.29 is 19.7 Å². The molecular weight excluding hydrogens is 611 g/mol. The minimum Gasteiger partial charge on any atom is -0.391 e. The molecule has 7 heteroatoms. The highest BCUT2D eigenvalue weighted by Gasteiger charge is 2.88. The lowest BCUT2D eigenvalue weighted by molar-refractivity contribution is -0.222. The Labute approximate surface area is 283 Å². The Morgan fingerprint density at radius 2 is 1.78 bits per heavy atom. The van der Waals surface area contributed by atoms with Crippen LogP contribution < -0.4 is 5.32 Å². The van der Waals surface area contributed by atoms with Crippen molar-refractivity contribution in [2.75, 3.05) is 12.4 Å². The van der Waals surface area contributed by atoms with E-state index in [0.29, 0.717) is 29.4 Å². The van der Waals surface area contributed by atoms with Gasteiger partial charge in [-0.05, 0) is 123 Å². The van der Waals surface area contributed by atoms with Crippen molar-refractivity contribution in [3.8, 4) is 0 Å². The predicted octanol–water partition coefficient (Wildman–Crippen LogP) is 7.82. The van der Waals surface area contributed by atoms with Gasteiger partial charge < -0.3 is 20.3 Å². The van der Waals surface area contributed by atoms with E-state index < -0.39 is 5.60 Å². The molecule has 13 atom stereocenters. The lowest BCUT2D eigenvalue weighted by atomic mass is 9.44. The molecule has 1 aliphatic heterocycles. The van der Waals surface area contributed by atoms with E-state index in [9.17, 15) is 15.0 Å². The number of anilines is 1. The second kappa shape index (κ2) is 10.6. The Kier molecular flexibility index (Phi) is 7.23. The molecule has 7 saturated carbocycles. The van der Waals surface area contributed by atoms with Crippen molar-refractivity contribution in [3.63, 3.8) is 0 Å². The number of fused-ring (bicyclic) bond motifs is 7. The number of ketones is 1. The van der Waals surface area contributed by atoms with Crippen LogP contribution in [-0.2, 0) is 16.0 Å². The summed E-state index contributed by atoms with van der Waals surface area (Å²) in [5.74, 6) is 1.93. The summed E-state index contributed by atoms with van der Waals surface area (Å²) in [4.78, 5) is 13.8. The fourth-order valence-corrected chi connectivity index (χ4v) is 18.8. The largest absolute Gasteiger partial charge is 0.391 e. The number of benzene rings is 1. The summed E-state index contributed by atoms with van der Waals surface area (Å²) in [6.45, 7) is 4.98. The second-order valence-corrected chi connectivity index (χ2v) is 20.5. The van der Waals surface area contributed by atoms with Gasteiger partial charge in [-0.1, -0.05) is 66.8 Å². The van der Waals surface area contributed by atoms with Gasteiger partial charge in [-0.2, -0.15) is 0 Å². The van der Waals surface area contributed by atoms with E-state index in [2.05, 4.69) is 65.0 Å². The molecule has 7 fully saturated rings. The normalized spacial score (nSPS) is 52.0. The van der Waals surface area contributed by atoms with Crippen molar-refractivity contribution in [1.29, 1.82) is 0 Å². The fraction of sp³-hybridized carbons (Fsp3) is 0.821. The topological polar surface area (TPSA) is 78.8 Å². The molecule has 13 unspecified atom stereocenters. The van der Waals surface area contributed by atoms with Crippen LogP contribution in [0.15, 0.2) is 24.3 Å². The van der Waals surface area contributed by atoms with Crippen LogP contribution in [0.4, 0.5) is 5.69 Å². The highest BCUT2D eigenvalue weighted by Crippen LogP contribution is 2.87. The van der Waals surface area contributed by atoms with Crippen molar-refractivity contribution >= 4 is 33.1 Å². The molecule has 8 aliphatic rings. The van der Waals surface area contributed by atoms with Crippen LogP contribution in [-0.4, -0.2) is 57.0 Å². The molecule has 2 spiro atoms. The first-order valence-electron chi connectivity index (χ1n) is 18.8. The maximum Gasteiger partial charge on any atom is 0.141 e. The number of rotatable bonds is 1. The smallest absolute Gasteiger partial charge is 0.141 e. The third-order valence-corrected chi connectivity index (χ3v) is 20.5. The second-order valence-electron chi connectivity index (χ2n) is 17.7. The maximum atomic E-state index is 13.8. The molecule has 252 valence electrons. The van der Waals surface area contributed by atoms with E-state index in [0.717, 1.165) is 37.8 Å². The molecule has 1 aromatic rings. The summed E-state index contributed by atoms with van der Waals surface area (Å²) in [5, 5.41) is 28.4. The Morgan fingerprint density at radius 1 is 0.957 bits per heavy atom. The van der Waals surface area contributed by atoms with Crippen molar-refractivity contribution in [3.05, 3.63) is 29.8 Å². The molecule has 1 heterocycles. The molecule has 0 aromatic heterocycles. The SMILES string of the molecule is COC1CC(=O)C2C3CC4CCC5(CC6Cc7cccc(c7)NC7C(O)CCCC7SSC7(CCCCC7)C6C5)C3(C)C4(C)C12O. The van der Waals surface area contributed by atoms with Crippen molar-refractivity contribution in [2.45, 2.75) is 144 Å². The van der Waals surface area contributed by atoms with E-state index in [1.807, 2.05) is 0 Å². The number of carbonyl (C=O) groups is 1. The Hall–Kier alpha value is -0.730. The van der Waals surface area contributed by atoms with Crippen LogP contribution in [0.5, 0.6) is 0 Å². The van der Waals surface area contributed by atoms with Gasteiger partial charge in [0, 0.05) is 34.6 Å². The third-order valence-electron chi connectivity index (χ3n) is 16.6. The number of hydrogen-bond acceptors (Lipinski definition) is 7. The van der Waals surface area contributed by atoms with Crippen LogP contribution in [0.25, 0.3) is 0 Å². The molecule has 1 aromatic carbocycles. The minimum atomic E-state index is -1.05. The molecule has 0 saturated heterocycles. The molecule has 6 bridgehead atoms. The zero-order chi connectivity index (χ0) is 31.7. The molecule has 9 rings (SSSR count). The van der Waals surface area contributed by atoms with Gasteiger partial charge in [0.05, 0.1) is 24.2 Å². The summed E-state index contributed by atoms with van der Waals surface area (Å²) < 4.78 is 6.26. The number of nitrogens with one attached hydrogen (secondary N) is 1. The highest BCUT2D eigenvalue weighted by molar-refractivity contribution is 8.77. The van der Waals surface area contributed by atoms with Gasteiger partial charge in [-0.25, -0.2) is 0 Å². The first-order valence-corrected chi connectivity index (χ1v) is 21.0. The highest BCUT2D eigenvalue weighted by atomic mass is 33.1. The maximum absolute atomic E-state index is 13.8. The lowest BCUT2D eigenvalue weighted by Gasteiger charge is -2.62. The molecule has 0 amide bonds. The summed E-state index contributed by atoms with van der Waals surface area (Å²) in [6, 6.07) is 9.24. The number of aliphatic hydroxyl groups excluding tert-OH is 1. The quantitative estimate of drug-likeness (QED) is 0.264. The zero-order valence-electron chi connectivity index (χ0n) is 28.1. The average Bonchev–Trinajstić information content (AvgIpc) is 3.65. The molecule has 3 N–H and O–H groups in total. The Balaban J connectivity index is 1.16. The van der Waals surface area contributed by atoms with Crippen LogP contribution in [0.3, 0.4) is 0 Å². The van der Waals surface area contributed by atoms with Crippen LogP contribution in [0.2, 0.25) is 0 Å². The summed E-state index contributed by atoms with van der Waals surface area (Å²) >= 11 is 0. The molecule has 0 radical (unpaired) electrons. The van der Waals surface area contributed by atoms with Gasteiger partial charge in [-0.15, -0.1) is 0 Å². The first kappa shape index (κ1) is 31.3. The van der Waals surface area contributed by atoms with E-state index in [-0.39, 0.29) is 56.9 Å². The van der Waals surface area contributed by atoms with E-state index >= 15 is 0 Å². The monoisotopic (exact) mass is 665 g/mol. The number of aliphatic hydroxyl groups is 2. The summed E-state index contributed by atoms with van der Waals surface area (Å²) in [5.41, 5.74) is 1.27. The molecule has 5 nitrogen and oxygen atoms in total. The van der Waals surface area contributed by atoms with Crippen molar-refractivity contribution in [1.82, 2.24) is 0 Å². The number of ether oxygens (including phenoxy) is 1. The van der Waals surface area contributed by atoms with Crippen LogP contribution in [0.1, 0.15) is 109 Å². The Morgan fingerprint density at radius 3 is 2.59 bits per heavy atom. The number of hydrogen-bond donors (Lipinski definition) is 3. The third kappa shape index (κ3) is 3.82. The number of carbonyl (C=O) groups excluding carboxylic acids is 1. The van der Waals surface area contributed by atoms with Crippen molar-refractivity contribution in [2.24, 2.45) is 45.8 Å². The average molecular weight is 666 g/mol. The molecule has 46 heavy (non-hydrogen) atoms. The zero-order valence-corrected chi connectivity index (χ0v) is 29.8. The lowest BCUT2D eigenvalue weighted by Crippen LogP contribution is -2.63. The van der Waals surface area contributed by atoms with Gasteiger partial charge in [0.1, 0.15) is 11.4 Å². The number of Topliss-reactive ketones (excluding diaryl/α,β-unsaturated/α-hetero) is 1. The van der Waals surface area contributed by atoms with E-state index in [4.69, 9.17) is 4.74 Å². The Bertz CT molecular complexity index is 1400. The molecular formula is C39H55NO4S2. The van der Waals surface area contributed by atoms with Gasteiger partial charge in [0.2, 0.25) is 0 Å².